The molecule has 6 heteroatoms. The largest absolute Gasteiger partial charge is 0.374 e. The lowest BCUT2D eigenvalue weighted by Crippen LogP contribution is -2.62. The number of aliphatic imine (C=N–C) groups is 1. The first-order valence-electron chi connectivity index (χ1n) is 12.2. The molecule has 0 saturated carbocycles. The fourth-order valence-corrected chi connectivity index (χ4v) is 4.84. The van der Waals surface area contributed by atoms with Crippen molar-refractivity contribution < 1.29 is 4.74 Å². The molecule has 0 amide bonds. The number of nitrogens with zero attached hydrogens (tertiary/aromatic N) is 3. The van der Waals surface area contributed by atoms with E-state index in [9.17, 15) is 0 Å². The number of rotatable bonds is 9. The first kappa shape index (κ1) is 24.0. The van der Waals surface area contributed by atoms with Crippen molar-refractivity contribution in [1.29, 1.82) is 0 Å². The van der Waals surface area contributed by atoms with Crippen LogP contribution >= 0.6 is 0 Å². The molecule has 1 atom stereocenters. The Morgan fingerprint density at radius 3 is 2.45 bits per heavy atom. The smallest absolute Gasteiger partial charge is 0.191 e. The Balaban J connectivity index is 1.41. The van der Waals surface area contributed by atoms with Crippen LogP contribution in [0.4, 0.5) is 0 Å². The van der Waals surface area contributed by atoms with Gasteiger partial charge in [0.05, 0.1) is 6.10 Å². The third-order valence-electron chi connectivity index (χ3n) is 7.00. The van der Waals surface area contributed by atoms with Crippen molar-refractivity contribution in [3.8, 4) is 0 Å². The van der Waals surface area contributed by atoms with E-state index in [1.165, 1.54) is 63.8 Å². The van der Waals surface area contributed by atoms with E-state index in [0.29, 0.717) is 0 Å². The minimum Gasteiger partial charge on any atom is -0.374 e. The van der Waals surface area contributed by atoms with Crippen LogP contribution < -0.4 is 10.6 Å². The van der Waals surface area contributed by atoms with Crippen LogP contribution in [0.2, 0.25) is 0 Å². The summed E-state index contributed by atoms with van der Waals surface area (Å²) in [6.45, 7) is 9.54. The summed E-state index contributed by atoms with van der Waals surface area (Å²) in [5.41, 5.74) is 1.49. The molecule has 0 aliphatic carbocycles. The molecule has 3 rings (SSSR count). The monoisotopic (exact) mass is 429 g/mol. The number of piperidine rings is 2. The van der Waals surface area contributed by atoms with Gasteiger partial charge in [0.1, 0.15) is 0 Å². The lowest BCUT2D eigenvalue weighted by atomic mass is 9.84. The molecule has 0 spiro atoms. The van der Waals surface area contributed by atoms with Crippen LogP contribution in [0, 0.1) is 0 Å². The van der Waals surface area contributed by atoms with Gasteiger partial charge < -0.3 is 20.3 Å². The number of guanidine groups is 1. The summed E-state index contributed by atoms with van der Waals surface area (Å²) >= 11 is 0. The summed E-state index contributed by atoms with van der Waals surface area (Å²) in [5, 5.41) is 7.14. The number of likely N-dealkylation sites (tertiary alicyclic amines) is 2. The van der Waals surface area contributed by atoms with Crippen molar-refractivity contribution in [3.63, 3.8) is 0 Å². The predicted octanol–water partition coefficient (Wildman–Crippen LogP) is 3.27. The Kier molecular flexibility index (Phi) is 9.62. The van der Waals surface area contributed by atoms with Crippen LogP contribution in [-0.4, -0.2) is 81.3 Å². The van der Waals surface area contributed by atoms with Gasteiger partial charge >= 0.3 is 0 Å². The standard InChI is InChI=1S/C25H43N5O/c1-22(23-11-6-4-7-12-23)31-20-10-15-27-24(26-2)28-21-25(13-18-29(3)19-14-25)30-16-8-5-9-17-30/h4,6-7,11-12,22H,5,8-10,13-21H2,1-3H3,(H2,26,27,28). The molecule has 174 valence electrons. The zero-order valence-corrected chi connectivity index (χ0v) is 19.9. The highest BCUT2D eigenvalue weighted by Gasteiger charge is 2.39. The van der Waals surface area contributed by atoms with E-state index in [0.717, 1.165) is 32.1 Å². The Labute approximate surface area is 189 Å². The number of hydrogen-bond donors (Lipinski definition) is 2. The number of ether oxygens (including phenoxy) is 1. The van der Waals surface area contributed by atoms with Gasteiger partial charge in [0.2, 0.25) is 0 Å². The van der Waals surface area contributed by atoms with Gasteiger partial charge in [0, 0.05) is 32.3 Å². The average molecular weight is 430 g/mol. The molecule has 2 aliphatic heterocycles. The van der Waals surface area contributed by atoms with E-state index in [-0.39, 0.29) is 11.6 Å². The highest BCUT2D eigenvalue weighted by molar-refractivity contribution is 5.79. The summed E-state index contributed by atoms with van der Waals surface area (Å²) in [7, 11) is 4.11. The quantitative estimate of drug-likeness (QED) is 0.358. The third-order valence-corrected chi connectivity index (χ3v) is 7.00. The molecule has 2 heterocycles. The van der Waals surface area contributed by atoms with E-state index in [1.54, 1.807) is 0 Å². The Morgan fingerprint density at radius 1 is 1.06 bits per heavy atom. The van der Waals surface area contributed by atoms with Gasteiger partial charge in [0.25, 0.3) is 0 Å². The summed E-state index contributed by atoms with van der Waals surface area (Å²) in [4.78, 5) is 9.70. The van der Waals surface area contributed by atoms with E-state index < -0.39 is 0 Å². The zero-order chi connectivity index (χ0) is 21.9. The summed E-state index contributed by atoms with van der Waals surface area (Å²) in [6, 6.07) is 10.4. The molecule has 2 N–H and O–H groups in total. The van der Waals surface area contributed by atoms with Crippen molar-refractivity contribution in [1.82, 2.24) is 20.4 Å². The van der Waals surface area contributed by atoms with Gasteiger partial charge in [-0.1, -0.05) is 36.8 Å². The number of hydrogen-bond acceptors (Lipinski definition) is 4. The van der Waals surface area contributed by atoms with Gasteiger partial charge in [0.15, 0.2) is 5.96 Å². The zero-order valence-electron chi connectivity index (χ0n) is 19.9. The summed E-state index contributed by atoms with van der Waals surface area (Å²) < 4.78 is 5.99. The second-order valence-corrected chi connectivity index (χ2v) is 9.21. The van der Waals surface area contributed by atoms with E-state index in [1.807, 2.05) is 13.1 Å². The highest BCUT2D eigenvalue weighted by atomic mass is 16.5. The third kappa shape index (κ3) is 7.19. The molecular weight excluding hydrogens is 386 g/mol. The van der Waals surface area contributed by atoms with Crippen LogP contribution in [0.15, 0.2) is 35.3 Å². The van der Waals surface area contributed by atoms with Gasteiger partial charge in [-0.25, -0.2) is 0 Å². The molecule has 0 aromatic heterocycles. The summed E-state index contributed by atoms with van der Waals surface area (Å²) in [5.74, 6) is 0.909. The lowest BCUT2D eigenvalue weighted by Gasteiger charge is -2.50. The fourth-order valence-electron chi connectivity index (χ4n) is 4.84. The van der Waals surface area contributed by atoms with E-state index in [2.05, 4.69) is 63.7 Å². The van der Waals surface area contributed by atoms with Gasteiger partial charge in [-0.05, 0) is 77.8 Å². The van der Waals surface area contributed by atoms with Crippen LogP contribution in [0.1, 0.15) is 57.1 Å². The van der Waals surface area contributed by atoms with Gasteiger partial charge in [-0.2, -0.15) is 0 Å². The van der Waals surface area contributed by atoms with Gasteiger partial charge in [-0.15, -0.1) is 0 Å². The topological polar surface area (TPSA) is 52.1 Å². The predicted molar refractivity (Wildman–Crippen MR) is 130 cm³/mol. The van der Waals surface area contributed by atoms with E-state index in [4.69, 9.17) is 4.74 Å². The average Bonchev–Trinajstić information content (AvgIpc) is 2.83. The molecule has 6 nitrogen and oxygen atoms in total. The van der Waals surface area contributed by atoms with Crippen molar-refractivity contribution >= 4 is 5.96 Å². The molecule has 2 saturated heterocycles. The maximum absolute atomic E-state index is 5.99. The van der Waals surface area contributed by atoms with Crippen LogP contribution in [-0.2, 0) is 4.74 Å². The Hall–Kier alpha value is -1.63. The second-order valence-electron chi connectivity index (χ2n) is 9.21. The van der Waals surface area contributed by atoms with E-state index >= 15 is 0 Å². The fraction of sp³-hybridized carbons (Fsp3) is 0.720. The van der Waals surface area contributed by atoms with Crippen LogP contribution in [0.5, 0.6) is 0 Å². The number of benzene rings is 1. The van der Waals surface area contributed by atoms with Crippen LogP contribution in [0.25, 0.3) is 0 Å². The first-order valence-corrected chi connectivity index (χ1v) is 12.2. The second kappa shape index (κ2) is 12.4. The molecule has 0 radical (unpaired) electrons. The minimum atomic E-state index is 0.132. The minimum absolute atomic E-state index is 0.132. The maximum Gasteiger partial charge on any atom is 0.191 e. The first-order chi connectivity index (χ1) is 15.1. The van der Waals surface area contributed by atoms with Crippen LogP contribution in [0.3, 0.4) is 0 Å². The molecule has 1 aromatic carbocycles. The molecule has 1 aromatic rings. The molecular formula is C25H43N5O. The maximum atomic E-state index is 5.99. The van der Waals surface area contributed by atoms with Crippen molar-refractivity contribution in [3.05, 3.63) is 35.9 Å². The number of nitrogens with one attached hydrogen (secondary N) is 2. The van der Waals surface area contributed by atoms with Gasteiger partial charge in [-0.3, -0.25) is 9.89 Å². The van der Waals surface area contributed by atoms with Crippen molar-refractivity contribution in [2.75, 3.05) is 60.0 Å². The molecule has 2 fully saturated rings. The Bertz CT molecular complexity index is 651. The van der Waals surface area contributed by atoms with Crippen molar-refractivity contribution in [2.24, 2.45) is 4.99 Å². The summed E-state index contributed by atoms with van der Waals surface area (Å²) in [6.07, 6.45) is 7.62. The SMILES string of the molecule is CN=C(NCCCOC(C)c1ccccc1)NCC1(N2CCCCC2)CCN(C)CC1. The lowest BCUT2D eigenvalue weighted by molar-refractivity contribution is 0.0173. The Morgan fingerprint density at radius 2 is 1.77 bits per heavy atom. The molecule has 2 aliphatic rings. The normalized spacial score (nSPS) is 21.6. The van der Waals surface area contributed by atoms with Crippen molar-refractivity contribution in [2.45, 2.75) is 57.1 Å². The molecule has 31 heavy (non-hydrogen) atoms. The molecule has 1 unspecified atom stereocenters. The molecule has 0 bridgehead atoms. The highest BCUT2D eigenvalue weighted by Crippen LogP contribution is 2.30.